The van der Waals surface area contributed by atoms with E-state index in [1.165, 1.54) is 0 Å². The fourth-order valence-electron chi connectivity index (χ4n) is 1.13. The van der Waals surface area contributed by atoms with Gasteiger partial charge in [0.1, 0.15) is 0 Å². The number of aliphatic hydroxyl groups excluding tert-OH is 1. The Morgan fingerprint density at radius 3 is 2.45 bits per heavy atom. The summed E-state index contributed by atoms with van der Waals surface area (Å²) >= 11 is 0. The average molecular weight is 148 g/mol. The number of aliphatic hydroxyl groups is 1. The molecule has 2 N–H and O–H groups in total. The zero-order valence-electron chi connectivity index (χ0n) is 5.66. The molecule has 1 aromatic carbocycles. The second kappa shape index (κ2) is 2.07. The smallest absolute Gasteiger partial charge is 0.254 e. The summed E-state index contributed by atoms with van der Waals surface area (Å²) in [6.07, 6.45) is -0.0504. The van der Waals surface area contributed by atoms with E-state index in [0.717, 1.165) is 0 Å². The quantitative estimate of drug-likeness (QED) is 0.567. The molecule has 0 aliphatic carbocycles. The number of fused-ring (bicyclic) bond motifs is 1. The van der Waals surface area contributed by atoms with Crippen molar-refractivity contribution in [2.24, 2.45) is 0 Å². The van der Waals surface area contributed by atoms with Gasteiger partial charge in [-0.25, -0.2) is 0 Å². The summed E-state index contributed by atoms with van der Waals surface area (Å²) in [5.41, 5.74) is 1.11. The predicted octanol–water partition coefficient (Wildman–Crippen LogP) is 0.640. The van der Waals surface area contributed by atoms with Crippen molar-refractivity contribution >= 4 is 5.91 Å². The van der Waals surface area contributed by atoms with Crippen LogP contribution in [0.15, 0.2) is 24.3 Å². The summed E-state index contributed by atoms with van der Waals surface area (Å²) in [7, 11) is 0. The van der Waals surface area contributed by atoms with E-state index in [1.54, 1.807) is 24.3 Å². The molecule has 1 aliphatic heterocycles. The SMILES string of the molecule is O=C1N[C](O)c2ccccc21. The Morgan fingerprint density at radius 2 is 1.82 bits per heavy atom. The zero-order chi connectivity index (χ0) is 7.84. The van der Waals surface area contributed by atoms with Crippen LogP contribution >= 0.6 is 0 Å². The summed E-state index contributed by atoms with van der Waals surface area (Å²) in [6, 6.07) is 6.91. The molecule has 3 heteroatoms. The summed E-state index contributed by atoms with van der Waals surface area (Å²) in [4.78, 5) is 11.0. The fourth-order valence-corrected chi connectivity index (χ4v) is 1.13. The van der Waals surface area contributed by atoms with Gasteiger partial charge in [0, 0.05) is 11.1 Å². The van der Waals surface area contributed by atoms with Gasteiger partial charge in [-0.2, -0.15) is 0 Å². The highest BCUT2D eigenvalue weighted by molar-refractivity contribution is 6.00. The number of amides is 1. The van der Waals surface area contributed by atoms with E-state index in [1.807, 2.05) is 0 Å². The van der Waals surface area contributed by atoms with Gasteiger partial charge in [-0.1, -0.05) is 18.2 Å². The molecule has 0 fully saturated rings. The maximum Gasteiger partial charge on any atom is 0.254 e. The van der Waals surface area contributed by atoms with Gasteiger partial charge < -0.3 is 10.4 Å². The Bertz CT molecular complexity index is 309. The Kier molecular flexibility index (Phi) is 1.20. The molecule has 0 bridgehead atoms. The molecular formula is C8H6NO2. The third-order valence-corrected chi connectivity index (χ3v) is 1.66. The first-order valence-electron chi connectivity index (χ1n) is 3.26. The van der Waals surface area contributed by atoms with E-state index in [4.69, 9.17) is 5.11 Å². The van der Waals surface area contributed by atoms with Crippen LogP contribution in [0, 0.1) is 6.23 Å². The standard InChI is InChI=1S/C8H6NO2/c10-7-5-3-1-2-4-6(5)8(11)9-7/h1-4,10H,(H,9,11). The minimum atomic E-state index is -0.238. The molecule has 1 aromatic rings. The molecule has 2 rings (SSSR count). The lowest BCUT2D eigenvalue weighted by atomic mass is 10.1. The van der Waals surface area contributed by atoms with Gasteiger partial charge >= 0.3 is 0 Å². The first-order valence-corrected chi connectivity index (χ1v) is 3.26. The lowest BCUT2D eigenvalue weighted by Crippen LogP contribution is -2.18. The van der Waals surface area contributed by atoms with E-state index in [9.17, 15) is 4.79 Å². The second-order valence-electron chi connectivity index (χ2n) is 2.35. The van der Waals surface area contributed by atoms with E-state index >= 15 is 0 Å². The Labute approximate surface area is 63.7 Å². The third-order valence-electron chi connectivity index (χ3n) is 1.66. The van der Waals surface area contributed by atoms with Crippen LogP contribution in [-0.2, 0) is 0 Å². The minimum absolute atomic E-state index is 0.0504. The van der Waals surface area contributed by atoms with Gasteiger partial charge in [-0.15, -0.1) is 0 Å². The predicted molar refractivity (Wildman–Crippen MR) is 38.2 cm³/mol. The summed E-state index contributed by atoms with van der Waals surface area (Å²) < 4.78 is 0. The third kappa shape index (κ3) is 0.816. The van der Waals surface area contributed by atoms with Crippen LogP contribution in [-0.4, -0.2) is 11.0 Å². The van der Waals surface area contributed by atoms with Gasteiger partial charge in [0.2, 0.25) is 6.23 Å². The maximum atomic E-state index is 11.0. The number of nitrogens with one attached hydrogen (secondary N) is 1. The molecule has 0 atom stereocenters. The van der Waals surface area contributed by atoms with Crippen LogP contribution in [0.2, 0.25) is 0 Å². The molecule has 11 heavy (non-hydrogen) atoms. The number of rotatable bonds is 0. The van der Waals surface area contributed by atoms with Crippen molar-refractivity contribution in [3.63, 3.8) is 0 Å². The number of benzene rings is 1. The van der Waals surface area contributed by atoms with Crippen molar-refractivity contribution < 1.29 is 9.90 Å². The molecular weight excluding hydrogens is 142 g/mol. The number of hydrogen-bond acceptors (Lipinski definition) is 2. The molecule has 0 unspecified atom stereocenters. The van der Waals surface area contributed by atoms with Gasteiger partial charge in [0.25, 0.3) is 5.91 Å². The average Bonchev–Trinajstić information content (AvgIpc) is 2.30. The lowest BCUT2D eigenvalue weighted by Gasteiger charge is -1.97. The number of carbonyl (C=O) groups excluding carboxylic acids is 1. The molecule has 3 nitrogen and oxygen atoms in total. The molecule has 1 radical (unpaired) electrons. The normalized spacial score (nSPS) is 16.3. The van der Waals surface area contributed by atoms with Crippen molar-refractivity contribution in [3.8, 4) is 0 Å². The molecule has 1 aliphatic rings. The van der Waals surface area contributed by atoms with Crippen molar-refractivity contribution in [1.82, 2.24) is 5.32 Å². The lowest BCUT2D eigenvalue weighted by molar-refractivity contribution is 0.0948. The summed E-state index contributed by atoms with van der Waals surface area (Å²) in [5, 5.41) is 11.5. The Morgan fingerprint density at radius 1 is 1.18 bits per heavy atom. The highest BCUT2D eigenvalue weighted by Gasteiger charge is 2.26. The van der Waals surface area contributed by atoms with E-state index < -0.39 is 0 Å². The van der Waals surface area contributed by atoms with Crippen LogP contribution in [0.1, 0.15) is 15.9 Å². The fraction of sp³-hybridized carbons (Fsp3) is 0. The van der Waals surface area contributed by atoms with Crippen LogP contribution in [0.4, 0.5) is 0 Å². The first kappa shape index (κ1) is 6.37. The van der Waals surface area contributed by atoms with Crippen LogP contribution in [0.5, 0.6) is 0 Å². The van der Waals surface area contributed by atoms with Gasteiger partial charge in [-0.05, 0) is 6.07 Å². The topological polar surface area (TPSA) is 49.3 Å². The largest absolute Gasteiger partial charge is 0.363 e. The van der Waals surface area contributed by atoms with Gasteiger partial charge in [0.05, 0.1) is 0 Å². The van der Waals surface area contributed by atoms with Gasteiger partial charge in [-0.3, -0.25) is 4.79 Å². The van der Waals surface area contributed by atoms with Crippen LogP contribution in [0.3, 0.4) is 0 Å². The zero-order valence-corrected chi connectivity index (χ0v) is 5.66. The monoisotopic (exact) mass is 148 g/mol. The molecule has 0 spiro atoms. The summed E-state index contributed by atoms with van der Waals surface area (Å²) in [6.45, 7) is 0. The molecule has 0 saturated carbocycles. The van der Waals surface area contributed by atoms with Crippen molar-refractivity contribution in [3.05, 3.63) is 41.6 Å². The number of carbonyl (C=O) groups is 1. The second-order valence-corrected chi connectivity index (χ2v) is 2.35. The van der Waals surface area contributed by atoms with Crippen molar-refractivity contribution in [2.45, 2.75) is 0 Å². The number of hydrogen-bond donors (Lipinski definition) is 2. The Balaban J connectivity index is 2.60. The molecule has 0 aromatic heterocycles. The van der Waals surface area contributed by atoms with E-state index in [2.05, 4.69) is 5.32 Å². The first-order chi connectivity index (χ1) is 5.29. The summed E-state index contributed by atoms with van der Waals surface area (Å²) in [5.74, 6) is -0.238. The Hall–Kier alpha value is -1.35. The van der Waals surface area contributed by atoms with E-state index in [0.29, 0.717) is 11.1 Å². The van der Waals surface area contributed by atoms with Crippen molar-refractivity contribution in [1.29, 1.82) is 0 Å². The van der Waals surface area contributed by atoms with Crippen molar-refractivity contribution in [2.75, 3.05) is 0 Å². The van der Waals surface area contributed by atoms with Crippen LogP contribution in [0.25, 0.3) is 0 Å². The minimum Gasteiger partial charge on any atom is -0.363 e. The highest BCUT2D eigenvalue weighted by Crippen LogP contribution is 2.21. The highest BCUT2D eigenvalue weighted by atomic mass is 16.3. The maximum absolute atomic E-state index is 11.0. The molecule has 0 saturated heterocycles. The van der Waals surface area contributed by atoms with Crippen LogP contribution < -0.4 is 5.32 Å². The van der Waals surface area contributed by atoms with E-state index in [-0.39, 0.29) is 12.1 Å². The van der Waals surface area contributed by atoms with Gasteiger partial charge in [0.15, 0.2) is 0 Å². The molecule has 55 valence electrons. The molecule has 1 amide bonds. The molecule has 1 heterocycles.